The molecule has 34 heavy (non-hydrogen) atoms. The van der Waals surface area contributed by atoms with Gasteiger partial charge >= 0.3 is 210 Å². The van der Waals surface area contributed by atoms with Gasteiger partial charge in [0.1, 0.15) is 0 Å². The Bertz CT molecular complexity index is 1160. The van der Waals surface area contributed by atoms with E-state index in [0.29, 0.717) is 0 Å². The fraction of sp³-hybridized carbons (Fsp3) is 0.0625. The molecular formula is C32H30As2. The zero-order valence-corrected chi connectivity index (χ0v) is 23.5. The van der Waals surface area contributed by atoms with Gasteiger partial charge in [-0.1, -0.05) is 0 Å². The van der Waals surface area contributed by atoms with Crippen molar-refractivity contribution in [3.05, 3.63) is 146 Å². The summed E-state index contributed by atoms with van der Waals surface area (Å²) in [5.41, 5.74) is 5.13. The maximum atomic E-state index is 2.57. The summed E-state index contributed by atoms with van der Waals surface area (Å²) in [5, 5.41) is 0. The molecule has 0 bridgehead atoms. The van der Waals surface area contributed by atoms with E-state index in [-0.39, 0.29) is 0 Å². The van der Waals surface area contributed by atoms with Crippen molar-refractivity contribution < 1.29 is 0 Å². The summed E-state index contributed by atoms with van der Waals surface area (Å²) in [4.78, 5) is 0. The van der Waals surface area contributed by atoms with E-state index >= 15 is 0 Å². The molecule has 0 fully saturated rings. The summed E-state index contributed by atoms with van der Waals surface area (Å²) < 4.78 is 9.09. The van der Waals surface area contributed by atoms with Crippen molar-refractivity contribution in [1.82, 2.24) is 0 Å². The second-order valence-electron chi connectivity index (χ2n) is 8.84. The monoisotopic (exact) mass is 564 g/mol. The van der Waals surface area contributed by atoms with Crippen molar-refractivity contribution in [2.24, 2.45) is 0 Å². The van der Waals surface area contributed by atoms with Crippen LogP contribution in [0.15, 0.2) is 146 Å². The third-order valence-corrected chi connectivity index (χ3v) is 24.6. The van der Waals surface area contributed by atoms with Gasteiger partial charge in [-0.25, -0.2) is 0 Å². The third kappa shape index (κ3) is 4.00. The summed E-state index contributed by atoms with van der Waals surface area (Å²) in [6.45, 7) is 0. The molecule has 168 valence electrons. The van der Waals surface area contributed by atoms with Crippen molar-refractivity contribution in [3.63, 3.8) is 0 Å². The first kappa shape index (κ1) is 23.0. The van der Waals surface area contributed by atoms with Gasteiger partial charge in [0.15, 0.2) is 0 Å². The van der Waals surface area contributed by atoms with Crippen molar-refractivity contribution in [2.45, 2.75) is 11.4 Å². The van der Waals surface area contributed by atoms with Crippen molar-refractivity contribution in [2.75, 3.05) is 0 Å². The molecule has 0 aliphatic heterocycles. The second-order valence-corrected chi connectivity index (χ2v) is 23.6. The predicted molar refractivity (Wildman–Crippen MR) is 153 cm³/mol. The third-order valence-electron chi connectivity index (χ3n) is 6.94. The van der Waals surface area contributed by atoms with Crippen LogP contribution in [0, 0.1) is 0 Å². The first-order chi connectivity index (χ1) is 16.6. The van der Waals surface area contributed by atoms with Crippen LogP contribution in [0.1, 0.15) is 0 Å². The average Bonchev–Trinajstić information content (AvgIpc) is 2.94. The molecule has 0 saturated heterocycles. The molecule has 0 heterocycles. The Morgan fingerprint density at radius 3 is 0.735 bits per heavy atom. The van der Waals surface area contributed by atoms with Gasteiger partial charge < -0.3 is 0 Å². The maximum absolute atomic E-state index is 2.73. The molecule has 5 rings (SSSR count). The van der Waals surface area contributed by atoms with Crippen LogP contribution in [0.3, 0.4) is 0 Å². The molecule has 2 radical (unpaired) electrons. The Labute approximate surface area is 209 Å². The fourth-order valence-electron chi connectivity index (χ4n) is 4.98. The van der Waals surface area contributed by atoms with Gasteiger partial charge in [-0.2, -0.15) is 0 Å². The summed E-state index contributed by atoms with van der Waals surface area (Å²) >= 11 is -5.45. The van der Waals surface area contributed by atoms with Crippen molar-refractivity contribution in [3.8, 4) is 0 Å². The Morgan fingerprint density at radius 1 is 0.294 bits per heavy atom. The number of rotatable bonds is 6. The predicted octanol–water partition coefficient (Wildman–Crippen LogP) is 3.89. The van der Waals surface area contributed by atoms with Gasteiger partial charge in [-0.3, -0.25) is 0 Å². The first-order valence-corrected chi connectivity index (χ1v) is 21.1. The van der Waals surface area contributed by atoms with Gasteiger partial charge in [-0.15, -0.1) is 0 Å². The minimum absolute atomic E-state index is 1.49. The molecular weight excluding hydrogens is 534 g/mol. The Morgan fingerprint density at radius 2 is 0.500 bits per heavy atom. The molecule has 0 aliphatic carbocycles. The molecule has 0 atom stereocenters. The van der Waals surface area contributed by atoms with Crippen LogP contribution in [0.25, 0.3) is 0 Å². The van der Waals surface area contributed by atoms with E-state index in [1.807, 2.05) is 0 Å². The van der Waals surface area contributed by atoms with Gasteiger partial charge in [0, 0.05) is 0 Å². The van der Waals surface area contributed by atoms with Crippen molar-refractivity contribution in [1.29, 1.82) is 0 Å². The minimum atomic E-state index is -2.73. The molecule has 0 aliphatic rings. The van der Waals surface area contributed by atoms with E-state index in [2.05, 4.69) is 157 Å². The summed E-state index contributed by atoms with van der Waals surface area (Å²) in [6, 6.07) is 54.3. The standard InChI is InChI=1S/C32H30As2/c1-33(27-17-7-3-8-18-27,28-19-9-4-10-20-28)31-25-15-16-26-32(31)34(2,29-21-11-5-12-22-29)30-23-13-6-14-24-30/h3-26H,1-2H3. The Balaban J connectivity index is 1.85. The SMILES string of the molecule is C[As](c1ccccc1)(c1ccccc1)c1ccccc1[As](C)(c1ccccc1)c1ccccc1. The number of hydrogen-bond acceptors (Lipinski definition) is 0. The normalized spacial score (nSPS) is 11.8. The van der Waals surface area contributed by atoms with Crippen LogP contribution < -0.4 is 26.1 Å². The number of hydrogen-bond donors (Lipinski definition) is 0. The van der Waals surface area contributed by atoms with Crippen LogP contribution in [-0.2, 0) is 0 Å². The molecule has 5 aromatic rings. The van der Waals surface area contributed by atoms with Crippen molar-refractivity contribution >= 4 is 53.2 Å². The average molecular weight is 564 g/mol. The van der Waals surface area contributed by atoms with E-state index in [1.54, 1.807) is 8.70 Å². The van der Waals surface area contributed by atoms with Gasteiger partial charge in [0.25, 0.3) is 0 Å². The summed E-state index contributed by atoms with van der Waals surface area (Å²) in [7, 11) is 0. The van der Waals surface area contributed by atoms with Crippen LogP contribution >= 0.6 is 0 Å². The fourth-order valence-corrected chi connectivity index (χ4v) is 23.2. The molecule has 0 N–H and O–H groups in total. The molecule has 0 nitrogen and oxygen atoms in total. The Kier molecular flexibility index (Phi) is 6.65. The molecule has 0 aromatic heterocycles. The molecule has 0 unspecified atom stereocenters. The van der Waals surface area contributed by atoms with Gasteiger partial charge in [-0.05, 0) is 0 Å². The second kappa shape index (κ2) is 9.83. The molecule has 0 spiro atoms. The van der Waals surface area contributed by atoms with E-state index < -0.39 is 27.1 Å². The van der Waals surface area contributed by atoms with E-state index in [0.717, 1.165) is 0 Å². The van der Waals surface area contributed by atoms with E-state index in [4.69, 9.17) is 0 Å². The van der Waals surface area contributed by atoms with E-state index in [9.17, 15) is 0 Å². The van der Waals surface area contributed by atoms with E-state index in [1.165, 1.54) is 17.4 Å². The molecule has 5 aromatic carbocycles. The zero-order valence-electron chi connectivity index (χ0n) is 19.8. The van der Waals surface area contributed by atoms with Crippen LogP contribution in [0.2, 0.25) is 11.4 Å². The summed E-state index contributed by atoms with van der Waals surface area (Å²) in [5.74, 6) is 0. The van der Waals surface area contributed by atoms with Crippen LogP contribution in [0.5, 0.6) is 0 Å². The zero-order chi connectivity index (χ0) is 23.4. The quantitative estimate of drug-likeness (QED) is 0.275. The first-order valence-electron chi connectivity index (χ1n) is 11.7. The molecule has 2 heteroatoms. The van der Waals surface area contributed by atoms with Gasteiger partial charge in [0.05, 0.1) is 0 Å². The topological polar surface area (TPSA) is 0 Å². The van der Waals surface area contributed by atoms with Crippen LogP contribution in [0.4, 0.5) is 0 Å². The number of benzene rings is 5. The Hall–Kier alpha value is -2.78. The molecule has 0 saturated carbocycles. The molecule has 0 amide bonds. The van der Waals surface area contributed by atoms with Crippen LogP contribution in [-0.4, -0.2) is 27.1 Å². The summed E-state index contributed by atoms with van der Waals surface area (Å²) in [6.07, 6.45) is 0. The van der Waals surface area contributed by atoms with Gasteiger partial charge in [0.2, 0.25) is 0 Å².